The molecule has 2 atom stereocenters. The van der Waals surface area contributed by atoms with Crippen LogP contribution in [0, 0.1) is 11.3 Å². The molecule has 0 aromatic heterocycles. The van der Waals surface area contributed by atoms with Gasteiger partial charge in [0, 0.05) is 23.8 Å². The van der Waals surface area contributed by atoms with E-state index >= 15 is 0 Å². The third-order valence-electron chi connectivity index (χ3n) is 4.60. The van der Waals surface area contributed by atoms with Gasteiger partial charge in [0.25, 0.3) is 0 Å². The van der Waals surface area contributed by atoms with Crippen molar-refractivity contribution in [1.82, 2.24) is 4.90 Å². The summed E-state index contributed by atoms with van der Waals surface area (Å²) in [5.74, 6) is 0.979. The van der Waals surface area contributed by atoms with E-state index in [0.29, 0.717) is 11.8 Å². The van der Waals surface area contributed by atoms with Gasteiger partial charge in [-0.2, -0.15) is 0 Å². The van der Waals surface area contributed by atoms with Crippen molar-refractivity contribution < 1.29 is 9.53 Å². The second kappa shape index (κ2) is 6.78. The molecule has 1 saturated carbocycles. The molecule has 1 heterocycles. The van der Waals surface area contributed by atoms with Crippen LogP contribution in [0.3, 0.4) is 0 Å². The topological polar surface area (TPSA) is 29.5 Å². The van der Waals surface area contributed by atoms with Crippen LogP contribution in [-0.4, -0.2) is 41.4 Å². The number of nitrogens with zero attached hydrogens (tertiary/aromatic N) is 1. The molecule has 3 nitrogen and oxygen atoms in total. The molecule has 2 aliphatic rings. The molecule has 20 heavy (non-hydrogen) atoms. The van der Waals surface area contributed by atoms with E-state index in [1.807, 2.05) is 0 Å². The van der Waals surface area contributed by atoms with E-state index in [1.54, 1.807) is 0 Å². The highest BCUT2D eigenvalue weighted by molar-refractivity contribution is 9.09. The average molecular weight is 346 g/mol. The van der Waals surface area contributed by atoms with Crippen LogP contribution in [0.25, 0.3) is 0 Å². The quantitative estimate of drug-likeness (QED) is 0.728. The number of ether oxygens (including phenoxy) is 1. The lowest BCUT2D eigenvalue weighted by Gasteiger charge is -2.41. The Morgan fingerprint density at radius 2 is 2.00 bits per heavy atom. The predicted molar refractivity (Wildman–Crippen MR) is 85.1 cm³/mol. The molecule has 1 aliphatic heterocycles. The Bertz CT molecular complexity index is 339. The van der Waals surface area contributed by atoms with E-state index in [2.05, 4.69) is 41.6 Å². The van der Waals surface area contributed by atoms with E-state index < -0.39 is 0 Å². The number of halogens is 1. The van der Waals surface area contributed by atoms with Crippen LogP contribution in [0.5, 0.6) is 0 Å². The first-order valence-corrected chi connectivity index (χ1v) is 9.10. The summed E-state index contributed by atoms with van der Waals surface area (Å²) in [6.45, 7) is 8.03. The molecular weight excluding hydrogens is 318 g/mol. The number of amides is 1. The first-order valence-electron chi connectivity index (χ1n) is 7.97. The molecule has 1 saturated heterocycles. The van der Waals surface area contributed by atoms with Gasteiger partial charge in [-0.25, -0.2) is 0 Å². The summed E-state index contributed by atoms with van der Waals surface area (Å²) < 4.78 is 5.85. The van der Waals surface area contributed by atoms with Gasteiger partial charge < -0.3 is 9.64 Å². The minimum atomic E-state index is -0.0813. The van der Waals surface area contributed by atoms with E-state index in [-0.39, 0.29) is 17.6 Å². The first-order chi connectivity index (χ1) is 9.47. The average Bonchev–Trinajstić information content (AvgIpc) is 2.85. The summed E-state index contributed by atoms with van der Waals surface area (Å²) in [4.78, 5) is 15.2. The molecule has 2 rings (SSSR count). The Hall–Kier alpha value is -0.0900. The van der Waals surface area contributed by atoms with Gasteiger partial charge in [0.05, 0.1) is 12.2 Å². The summed E-state index contributed by atoms with van der Waals surface area (Å²) in [6.07, 6.45) is 5.90. The summed E-state index contributed by atoms with van der Waals surface area (Å²) in [5, 5.41) is 0.804. The number of carbonyl (C=O) groups excluding carboxylic acids is 1. The van der Waals surface area contributed by atoms with E-state index in [0.717, 1.165) is 37.7 Å². The van der Waals surface area contributed by atoms with Gasteiger partial charge in [0.2, 0.25) is 5.91 Å². The fourth-order valence-corrected chi connectivity index (χ4v) is 4.33. The third kappa shape index (κ3) is 3.56. The molecule has 2 fully saturated rings. The molecule has 0 N–H and O–H groups in total. The number of rotatable bonds is 4. The van der Waals surface area contributed by atoms with Crippen LogP contribution in [0.2, 0.25) is 0 Å². The second-order valence-corrected chi connectivity index (χ2v) is 7.67. The molecule has 0 aromatic carbocycles. The standard InChI is InChI=1S/C16H28BrNO2/c1-12(2)8-16(6-4-5-7-16)15(19)18-10-13(3)20-14(9-17)11-18/h12-14H,4-11H2,1-3H3. The van der Waals surface area contributed by atoms with Gasteiger partial charge in [0.15, 0.2) is 0 Å². The summed E-state index contributed by atoms with van der Waals surface area (Å²) in [7, 11) is 0. The van der Waals surface area contributed by atoms with E-state index in [4.69, 9.17) is 4.74 Å². The SMILES string of the molecule is CC(C)CC1(C(=O)N2CC(C)OC(CBr)C2)CCCC1. The van der Waals surface area contributed by atoms with Crippen molar-refractivity contribution in [2.45, 2.75) is 65.1 Å². The van der Waals surface area contributed by atoms with Gasteiger partial charge in [-0.15, -0.1) is 0 Å². The van der Waals surface area contributed by atoms with Gasteiger partial charge in [-0.3, -0.25) is 4.79 Å². The van der Waals surface area contributed by atoms with Crippen molar-refractivity contribution in [2.24, 2.45) is 11.3 Å². The van der Waals surface area contributed by atoms with E-state index in [1.165, 1.54) is 12.8 Å². The smallest absolute Gasteiger partial charge is 0.228 e. The van der Waals surface area contributed by atoms with Gasteiger partial charge in [-0.1, -0.05) is 42.6 Å². The molecule has 1 amide bonds. The van der Waals surface area contributed by atoms with Gasteiger partial charge in [-0.05, 0) is 32.1 Å². The van der Waals surface area contributed by atoms with Crippen molar-refractivity contribution in [1.29, 1.82) is 0 Å². The zero-order valence-electron chi connectivity index (χ0n) is 13.0. The van der Waals surface area contributed by atoms with Crippen LogP contribution < -0.4 is 0 Å². The summed E-state index contributed by atoms with van der Waals surface area (Å²) in [5.41, 5.74) is -0.0813. The maximum absolute atomic E-state index is 13.1. The van der Waals surface area contributed by atoms with Crippen molar-refractivity contribution in [3.63, 3.8) is 0 Å². The molecule has 4 heteroatoms. The number of carbonyl (C=O) groups is 1. The fraction of sp³-hybridized carbons (Fsp3) is 0.938. The fourth-order valence-electron chi connectivity index (χ4n) is 3.97. The number of hydrogen-bond acceptors (Lipinski definition) is 2. The Kier molecular flexibility index (Phi) is 5.52. The van der Waals surface area contributed by atoms with E-state index in [9.17, 15) is 4.79 Å². The lowest BCUT2D eigenvalue weighted by molar-refractivity contribution is -0.154. The van der Waals surface area contributed by atoms with Crippen molar-refractivity contribution >= 4 is 21.8 Å². The van der Waals surface area contributed by atoms with Crippen LogP contribution in [0.15, 0.2) is 0 Å². The molecule has 0 spiro atoms. The lowest BCUT2D eigenvalue weighted by Crippen LogP contribution is -2.54. The predicted octanol–water partition coefficient (Wildman–Crippen LogP) is 3.60. The highest BCUT2D eigenvalue weighted by Crippen LogP contribution is 2.45. The zero-order chi connectivity index (χ0) is 14.8. The summed E-state index contributed by atoms with van der Waals surface area (Å²) >= 11 is 3.49. The van der Waals surface area contributed by atoms with Gasteiger partial charge in [0.1, 0.15) is 0 Å². The second-order valence-electron chi connectivity index (χ2n) is 7.02. The molecule has 116 valence electrons. The molecular formula is C16H28BrNO2. The maximum Gasteiger partial charge on any atom is 0.228 e. The molecule has 1 aliphatic carbocycles. The first kappa shape index (κ1) is 16.3. The van der Waals surface area contributed by atoms with Crippen molar-refractivity contribution in [3.05, 3.63) is 0 Å². The Morgan fingerprint density at radius 1 is 1.35 bits per heavy atom. The number of hydrogen-bond donors (Lipinski definition) is 0. The minimum Gasteiger partial charge on any atom is -0.371 e. The highest BCUT2D eigenvalue weighted by atomic mass is 79.9. The minimum absolute atomic E-state index is 0.0813. The van der Waals surface area contributed by atoms with Crippen LogP contribution in [0.1, 0.15) is 52.9 Å². The number of alkyl halides is 1. The third-order valence-corrected chi connectivity index (χ3v) is 5.32. The van der Waals surface area contributed by atoms with Crippen LogP contribution in [0.4, 0.5) is 0 Å². The largest absolute Gasteiger partial charge is 0.371 e. The van der Waals surface area contributed by atoms with Crippen LogP contribution >= 0.6 is 15.9 Å². The molecule has 0 radical (unpaired) electrons. The lowest BCUT2D eigenvalue weighted by atomic mass is 9.77. The Balaban J connectivity index is 2.10. The Morgan fingerprint density at radius 3 is 2.55 bits per heavy atom. The number of morpholine rings is 1. The highest BCUT2D eigenvalue weighted by Gasteiger charge is 2.45. The molecule has 0 bridgehead atoms. The zero-order valence-corrected chi connectivity index (χ0v) is 14.6. The molecule has 0 aromatic rings. The molecule has 2 unspecified atom stereocenters. The van der Waals surface area contributed by atoms with Crippen molar-refractivity contribution in [3.8, 4) is 0 Å². The van der Waals surface area contributed by atoms with Gasteiger partial charge >= 0.3 is 0 Å². The summed E-state index contributed by atoms with van der Waals surface area (Å²) in [6, 6.07) is 0. The monoisotopic (exact) mass is 345 g/mol. The Labute approximate surface area is 131 Å². The normalized spacial score (nSPS) is 29.9. The van der Waals surface area contributed by atoms with Crippen LogP contribution in [-0.2, 0) is 9.53 Å². The maximum atomic E-state index is 13.1. The van der Waals surface area contributed by atoms with Crippen molar-refractivity contribution in [2.75, 3.05) is 18.4 Å².